The van der Waals surface area contributed by atoms with E-state index >= 15 is 0 Å². The van der Waals surface area contributed by atoms with Crippen molar-refractivity contribution >= 4 is 5.96 Å². The molecule has 2 N–H and O–H groups in total. The molecule has 0 bridgehead atoms. The molecule has 0 aromatic heterocycles. The standard InChI is InChI=1S/C21H36N4O/c1-5-22-21(23-14-18-10-9-13-25(16-18)17(3)4)24-15-19-11-7-8-12-20(19)26-6-2/h7-8,11-12,17-18H,5-6,9-10,13-16H2,1-4H3,(H2,22,23,24). The quantitative estimate of drug-likeness (QED) is 0.552. The molecular weight excluding hydrogens is 324 g/mol. The first-order valence-electron chi connectivity index (χ1n) is 10.1. The van der Waals surface area contributed by atoms with Gasteiger partial charge in [0.2, 0.25) is 0 Å². The molecule has 1 aliphatic heterocycles. The molecule has 1 aromatic carbocycles. The molecule has 26 heavy (non-hydrogen) atoms. The Morgan fingerprint density at radius 1 is 1.27 bits per heavy atom. The van der Waals surface area contributed by atoms with Gasteiger partial charge < -0.3 is 20.3 Å². The molecule has 0 radical (unpaired) electrons. The van der Waals surface area contributed by atoms with Gasteiger partial charge in [-0.3, -0.25) is 0 Å². The number of likely N-dealkylation sites (tertiary alicyclic amines) is 1. The van der Waals surface area contributed by atoms with Crippen LogP contribution in [-0.4, -0.2) is 49.7 Å². The summed E-state index contributed by atoms with van der Waals surface area (Å²) >= 11 is 0. The zero-order valence-corrected chi connectivity index (χ0v) is 16.9. The van der Waals surface area contributed by atoms with Crippen LogP contribution < -0.4 is 15.4 Å². The smallest absolute Gasteiger partial charge is 0.191 e. The van der Waals surface area contributed by atoms with Crippen molar-refractivity contribution in [2.75, 3.05) is 32.8 Å². The molecule has 1 heterocycles. The lowest BCUT2D eigenvalue weighted by molar-refractivity contribution is 0.141. The van der Waals surface area contributed by atoms with Gasteiger partial charge in [0.25, 0.3) is 0 Å². The van der Waals surface area contributed by atoms with E-state index in [9.17, 15) is 0 Å². The molecule has 0 saturated carbocycles. The Morgan fingerprint density at radius 2 is 2.08 bits per heavy atom. The van der Waals surface area contributed by atoms with Crippen molar-refractivity contribution in [3.63, 3.8) is 0 Å². The summed E-state index contributed by atoms with van der Waals surface area (Å²) in [6, 6.07) is 8.77. The third-order valence-corrected chi connectivity index (χ3v) is 4.86. The summed E-state index contributed by atoms with van der Waals surface area (Å²) in [5.41, 5.74) is 1.12. The number of benzene rings is 1. The highest BCUT2D eigenvalue weighted by molar-refractivity contribution is 5.79. The number of rotatable bonds is 8. The summed E-state index contributed by atoms with van der Waals surface area (Å²) in [6.45, 7) is 14.2. The predicted octanol–water partition coefficient (Wildman–Crippen LogP) is 3.26. The van der Waals surface area contributed by atoms with Crippen LogP contribution >= 0.6 is 0 Å². The van der Waals surface area contributed by atoms with Crippen molar-refractivity contribution in [2.45, 2.75) is 53.1 Å². The van der Waals surface area contributed by atoms with E-state index in [1.54, 1.807) is 0 Å². The van der Waals surface area contributed by atoms with Gasteiger partial charge >= 0.3 is 0 Å². The van der Waals surface area contributed by atoms with Gasteiger partial charge in [0.05, 0.1) is 13.2 Å². The van der Waals surface area contributed by atoms with E-state index < -0.39 is 0 Å². The van der Waals surface area contributed by atoms with Crippen molar-refractivity contribution in [2.24, 2.45) is 10.9 Å². The van der Waals surface area contributed by atoms with Crippen LogP contribution in [-0.2, 0) is 6.54 Å². The highest BCUT2D eigenvalue weighted by Gasteiger charge is 2.21. The summed E-state index contributed by atoms with van der Waals surface area (Å²) in [7, 11) is 0. The molecule has 0 aliphatic carbocycles. The average molecular weight is 361 g/mol. The Balaban J connectivity index is 1.92. The lowest BCUT2D eigenvalue weighted by Crippen LogP contribution is -2.46. The number of piperidine rings is 1. The fourth-order valence-corrected chi connectivity index (χ4v) is 3.41. The molecule has 1 fully saturated rings. The minimum atomic E-state index is 0.619. The molecule has 0 amide bonds. The second-order valence-corrected chi connectivity index (χ2v) is 7.21. The monoisotopic (exact) mass is 360 g/mol. The Bertz CT molecular complexity index is 559. The normalized spacial score (nSPS) is 18.8. The number of para-hydroxylation sites is 1. The molecule has 0 spiro atoms. The van der Waals surface area contributed by atoms with Crippen molar-refractivity contribution < 1.29 is 4.74 Å². The van der Waals surface area contributed by atoms with Crippen LogP contribution in [0.3, 0.4) is 0 Å². The van der Waals surface area contributed by atoms with Crippen LogP contribution in [0, 0.1) is 5.92 Å². The number of ether oxygens (including phenoxy) is 1. The van der Waals surface area contributed by atoms with Crippen LogP contribution in [0.25, 0.3) is 0 Å². The number of aliphatic imine (C=N–C) groups is 1. The molecule has 1 unspecified atom stereocenters. The van der Waals surface area contributed by atoms with Gasteiger partial charge in [0.15, 0.2) is 5.96 Å². The fraction of sp³-hybridized carbons (Fsp3) is 0.667. The van der Waals surface area contributed by atoms with E-state index in [-0.39, 0.29) is 0 Å². The van der Waals surface area contributed by atoms with E-state index in [0.29, 0.717) is 25.1 Å². The number of hydrogen-bond acceptors (Lipinski definition) is 3. The zero-order chi connectivity index (χ0) is 18.8. The molecule has 5 nitrogen and oxygen atoms in total. The number of guanidine groups is 1. The maximum absolute atomic E-state index is 5.70. The highest BCUT2D eigenvalue weighted by Crippen LogP contribution is 2.19. The SMILES string of the molecule is CCNC(=NCc1ccccc1OCC)NCC1CCCN(C(C)C)C1. The molecule has 146 valence electrons. The van der Waals surface area contributed by atoms with Gasteiger partial charge in [-0.2, -0.15) is 0 Å². The van der Waals surface area contributed by atoms with Gasteiger partial charge in [-0.05, 0) is 59.1 Å². The largest absolute Gasteiger partial charge is 0.494 e. The molecule has 1 atom stereocenters. The molecule has 1 aliphatic rings. The summed E-state index contributed by atoms with van der Waals surface area (Å²) in [6.07, 6.45) is 2.59. The van der Waals surface area contributed by atoms with E-state index in [2.05, 4.69) is 42.4 Å². The van der Waals surface area contributed by atoms with E-state index in [4.69, 9.17) is 9.73 Å². The van der Waals surface area contributed by atoms with E-state index in [0.717, 1.165) is 30.4 Å². The predicted molar refractivity (Wildman–Crippen MR) is 110 cm³/mol. The first-order valence-corrected chi connectivity index (χ1v) is 10.1. The lowest BCUT2D eigenvalue weighted by Gasteiger charge is -2.35. The minimum absolute atomic E-state index is 0.619. The Morgan fingerprint density at radius 3 is 2.81 bits per heavy atom. The molecule has 1 aromatic rings. The maximum atomic E-state index is 5.70. The third kappa shape index (κ3) is 6.52. The topological polar surface area (TPSA) is 48.9 Å². The lowest BCUT2D eigenvalue weighted by atomic mass is 9.97. The highest BCUT2D eigenvalue weighted by atomic mass is 16.5. The van der Waals surface area contributed by atoms with Crippen LogP contribution in [0.15, 0.2) is 29.3 Å². The fourth-order valence-electron chi connectivity index (χ4n) is 3.41. The first kappa shape index (κ1) is 20.6. The minimum Gasteiger partial charge on any atom is -0.494 e. The second kappa shape index (κ2) is 11.1. The molecular formula is C21H36N4O. The van der Waals surface area contributed by atoms with Crippen LogP contribution in [0.2, 0.25) is 0 Å². The molecule has 2 rings (SSSR count). The van der Waals surface area contributed by atoms with Crippen molar-refractivity contribution in [3.05, 3.63) is 29.8 Å². The number of nitrogens with one attached hydrogen (secondary N) is 2. The zero-order valence-electron chi connectivity index (χ0n) is 16.9. The Kier molecular flexibility index (Phi) is 8.75. The van der Waals surface area contributed by atoms with Gasteiger partial charge in [-0.25, -0.2) is 4.99 Å². The summed E-state index contributed by atoms with van der Waals surface area (Å²) < 4.78 is 5.70. The molecule has 1 saturated heterocycles. The average Bonchev–Trinajstić information content (AvgIpc) is 2.65. The Hall–Kier alpha value is -1.75. The second-order valence-electron chi connectivity index (χ2n) is 7.21. The van der Waals surface area contributed by atoms with Crippen molar-refractivity contribution in [3.8, 4) is 5.75 Å². The van der Waals surface area contributed by atoms with Crippen LogP contribution in [0.1, 0.15) is 46.1 Å². The first-order chi connectivity index (χ1) is 12.6. The van der Waals surface area contributed by atoms with Gasteiger partial charge in [0.1, 0.15) is 5.75 Å². The summed E-state index contributed by atoms with van der Waals surface area (Å²) in [5, 5.41) is 6.91. The van der Waals surface area contributed by atoms with Crippen molar-refractivity contribution in [1.82, 2.24) is 15.5 Å². The summed E-state index contributed by atoms with van der Waals surface area (Å²) in [5.74, 6) is 2.50. The van der Waals surface area contributed by atoms with Gasteiger partial charge in [0, 0.05) is 31.2 Å². The number of hydrogen-bond donors (Lipinski definition) is 2. The molecule has 5 heteroatoms. The van der Waals surface area contributed by atoms with E-state index in [1.807, 2.05) is 25.1 Å². The van der Waals surface area contributed by atoms with Gasteiger partial charge in [-0.15, -0.1) is 0 Å². The Labute approximate surface area is 159 Å². The van der Waals surface area contributed by atoms with Gasteiger partial charge in [-0.1, -0.05) is 18.2 Å². The van der Waals surface area contributed by atoms with Crippen LogP contribution in [0.4, 0.5) is 0 Å². The maximum Gasteiger partial charge on any atom is 0.191 e. The summed E-state index contributed by atoms with van der Waals surface area (Å²) in [4.78, 5) is 7.35. The van der Waals surface area contributed by atoms with Crippen molar-refractivity contribution in [1.29, 1.82) is 0 Å². The number of nitrogens with zero attached hydrogens (tertiary/aromatic N) is 2. The third-order valence-electron chi connectivity index (χ3n) is 4.86. The van der Waals surface area contributed by atoms with E-state index in [1.165, 1.54) is 25.9 Å². The van der Waals surface area contributed by atoms with Crippen LogP contribution in [0.5, 0.6) is 5.75 Å².